The lowest BCUT2D eigenvalue weighted by atomic mass is 10.0. The van der Waals surface area contributed by atoms with E-state index in [4.69, 9.17) is 26.1 Å². The molecule has 0 aliphatic carbocycles. The molecule has 2 aromatic rings. The largest absolute Gasteiger partial charge is 0.492 e. The fourth-order valence-corrected chi connectivity index (χ4v) is 2.94. The maximum absolute atomic E-state index is 6.21. The molecule has 0 saturated carbocycles. The van der Waals surface area contributed by atoms with E-state index in [2.05, 4.69) is 20.9 Å². The van der Waals surface area contributed by atoms with Crippen molar-refractivity contribution in [2.45, 2.75) is 26.5 Å². The molecule has 4 nitrogen and oxygen atoms in total. The van der Waals surface area contributed by atoms with Gasteiger partial charge in [0.05, 0.1) is 11.6 Å². The van der Waals surface area contributed by atoms with Gasteiger partial charge in [-0.05, 0) is 54.9 Å². The first-order chi connectivity index (χ1) is 10.9. The highest BCUT2D eigenvalue weighted by Gasteiger charge is 2.31. The van der Waals surface area contributed by atoms with Crippen molar-refractivity contribution in [3.8, 4) is 11.5 Å². The third-order valence-electron chi connectivity index (χ3n) is 3.31. The Labute approximate surface area is 148 Å². The van der Waals surface area contributed by atoms with Crippen LogP contribution in [0, 0.1) is 0 Å². The molecule has 23 heavy (non-hydrogen) atoms. The Morgan fingerprint density at radius 1 is 1.35 bits per heavy atom. The van der Waals surface area contributed by atoms with Crippen LogP contribution in [0.1, 0.15) is 32.0 Å². The smallest absolute Gasteiger partial charge is 0.195 e. The van der Waals surface area contributed by atoms with E-state index < -0.39 is 5.72 Å². The van der Waals surface area contributed by atoms with Crippen LogP contribution < -0.4 is 9.47 Å². The summed E-state index contributed by atoms with van der Waals surface area (Å²) in [5.41, 5.74) is 1.56. The molecule has 1 aliphatic heterocycles. The highest BCUT2D eigenvalue weighted by atomic mass is 79.9. The second-order valence-corrected chi connectivity index (χ2v) is 6.82. The van der Waals surface area contributed by atoms with Gasteiger partial charge in [0.1, 0.15) is 22.9 Å². The summed E-state index contributed by atoms with van der Waals surface area (Å²) in [6, 6.07) is 7.43. The van der Waals surface area contributed by atoms with Gasteiger partial charge in [-0.25, -0.2) is 4.99 Å². The fraction of sp³-hybridized carbons (Fsp3) is 0.294. The van der Waals surface area contributed by atoms with Crippen molar-refractivity contribution >= 4 is 33.2 Å². The predicted molar refractivity (Wildman–Crippen MR) is 94.9 cm³/mol. The lowest BCUT2D eigenvalue weighted by Gasteiger charge is -2.30. The zero-order valence-electron chi connectivity index (χ0n) is 13.1. The van der Waals surface area contributed by atoms with Crippen molar-refractivity contribution in [1.29, 1.82) is 0 Å². The van der Waals surface area contributed by atoms with Crippen LogP contribution in [0.3, 0.4) is 0 Å². The quantitative estimate of drug-likeness (QED) is 0.745. The SMILES string of the molecule is CCOc1cccnc1C1=NC(C)(C)Oc2cc(Cl)c(Br)cc21. The van der Waals surface area contributed by atoms with E-state index in [1.165, 1.54) is 0 Å². The van der Waals surface area contributed by atoms with E-state index in [1.54, 1.807) is 12.3 Å². The average molecular weight is 396 g/mol. The van der Waals surface area contributed by atoms with Gasteiger partial charge in [-0.15, -0.1) is 0 Å². The average Bonchev–Trinajstić information content (AvgIpc) is 2.49. The normalized spacial score (nSPS) is 15.4. The van der Waals surface area contributed by atoms with Crippen LogP contribution in [-0.2, 0) is 0 Å². The van der Waals surface area contributed by atoms with Gasteiger partial charge in [0.25, 0.3) is 0 Å². The third kappa shape index (κ3) is 3.21. The zero-order chi connectivity index (χ0) is 16.6. The van der Waals surface area contributed by atoms with E-state index in [1.807, 2.05) is 39.0 Å². The molecule has 0 amide bonds. The highest BCUT2D eigenvalue weighted by molar-refractivity contribution is 9.10. The number of halogens is 2. The summed E-state index contributed by atoms with van der Waals surface area (Å²) in [5, 5.41) is 0.590. The monoisotopic (exact) mass is 394 g/mol. The van der Waals surface area contributed by atoms with E-state index in [0.29, 0.717) is 28.8 Å². The number of rotatable bonds is 3. The summed E-state index contributed by atoms with van der Waals surface area (Å²) in [6.45, 7) is 6.30. The molecule has 0 N–H and O–H groups in total. The molecule has 0 bridgehead atoms. The number of hydrogen-bond acceptors (Lipinski definition) is 4. The lowest BCUT2D eigenvalue weighted by Crippen LogP contribution is -2.33. The molecule has 1 aromatic heterocycles. The standard InChI is InChI=1S/C17H16BrClN2O2/c1-4-22-13-6-5-7-20-16(13)15-10-8-11(18)12(19)9-14(10)23-17(2,3)21-15/h5-9H,4H2,1-3H3. The number of hydrogen-bond donors (Lipinski definition) is 0. The first-order valence-corrected chi connectivity index (χ1v) is 8.45. The molecule has 0 atom stereocenters. The Hall–Kier alpha value is -1.59. The molecule has 0 radical (unpaired) electrons. The molecule has 6 heteroatoms. The van der Waals surface area contributed by atoms with Gasteiger partial charge < -0.3 is 9.47 Å². The minimum absolute atomic E-state index is 0.559. The summed E-state index contributed by atoms with van der Waals surface area (Å²) >= 11 is 9.66. The molecular formula is C17H16BrClN2O2. The maximum atomic E-state index is 6.21. The van der Waals surface area contributed by atoms with E-state index in [-0.39, 0.29) is 0 Å². The zero-order valence-corrected chi connectivity index (χ0v) is 15.4. The molecule has 120 valence electrons. The lowest BCUT2D eigenvalue weighted by molar-refractivity contribution is 0.115. The molecule has 1 aromatic carbocycles. The maximum Gasteiger partial charge on any atom is 0.195 e. The Morgan fingerprint density at radius 2 is 2.13 bits per heavy atom. The summed E-state index contributed by atoms with van der Waals surface area (Å²) in [7, 11) is 0. The van der Waals surface area contributed by atoms with Crippen molar-refractivity contribution in [2.24, 2.45) is 4.99 Å². The van der Waals surface area contributed by atoms with Crippen LogP contribution in [0.25, 0.3) is 0 Å². The van der Waals surface area contributed by atoms with Crippen LogP contribution >= 0.6 is 27.5 Å². The predicted octanol–water partition coefficient (Wildman–Crippen LogP) is 4.86. The fourth-order valence-electron chi connectivity index (χ4n) is 2.44. The van der Waals surface area contributed by atoms with Gasteiger partial charge in [0.2, 0.25) is 0 Å². The van der Waals surface area contributed by atoms with Gasteiger partial charge >= 0.3 is 0 Å². The van der Waals surface area contributed by atoms with Gasteiger partial charge in [-0.2, -0.15) is 0 Å². The summed E-state index contributed by atoms with van der Waals surface area (Å²) in [6.07, 6.45) is 1.73. The Kier molecular flexibility index (Phi) is 4.34. The summed E-state index contributed by atoms with van der Waals surface area (Å²) in [5.74, 6) is 1.38. The Bertz CT molecular complexity index is 790. The number of fused-ring (bicyclic) bond motifs is 1. The molecular weight excluding hydrogens is 380 g/mol. The molecule has 0 spiro atoms. The van der Waals surface area contributed by atoms with Crippen molar-refractivity contribution in [2.75, 3.05) is 6.61 Å². The molecule has 3 rings (SSSR count). The van der Waals surface area contributed by atoms with Crippen LogP contribution in [0.15, 0.2) is 39.9 Å². The molecule has 0 fully saturated rings. The third-order valence-corrected chi connectivity index (χ3v) is 4.51. The van der Waals surface area contributed by atoms with Gasteiger partial charge in [0, 0.05) is 22.3 Å². The minimum Gasteiger partial charge on any atom is -0.492 e. The number of aromatic nitrogens is 1. The molecule has 0 unspecified atom stereocenters. The first kappa shape index (κ1) is 16.3. The Balaban J connectivity index is 2.22. The van der Waals surface area contributed by atoms with Gasteiger partial charge in [0.15, 0.2) is 5.72 Å². The van der Waals surface area contributed by atoms with Crippen molar-refractivity contribution < 1.29 is 9.47 Å². The number of benzene rings is 1. The minimum atomic E-state index is -0.708. The van der Waals surface area contributed by atoms with E-state index in [0.717, 1.165) is 15.7 Å². The second kappa shape index (κ2) is 6.13. The Morgan fingerprint density at radius 3 is 2.87 bits per heavy atom. The molecule has 2 heterocycles. The number of nitrogens with zero attached hydrogens (tertiary/aromatic N) is 2. The molecule has 0 saturated heterocycles. The number of aliphatic imine (C=N–C) groups is 1. The summed E-state index contributed by atoms with van der Waals surface area (Å²) < 4.78 is 12.4. The van der Waals surface area contributed by atoms with Crippen molar-refractivity contribution in [1.82, 2.24) is 4.98 Å². The number of pyridine rings is 1. The van der Waals surface area contributed by atoms with Gasteiger partial charge in [-0.3, -0.25) is 4.98 Å². The van der Waals surface area contributed by atoms with E-state index in [9.17, 15) is 0 Å². The first-order valence-electron chi connectivity index (χ1n) is 7.28. The van der Waals surface area contributed by atoms with E-state index >= 15 is 0 Å². The van der Waals surface area contributed by atoms with Gasteiger partial charge in [-0.1, -0.05) is 11.6 Å². The number of ether oxygens (including phenoxy) is 2. The highest BCUT2D eigenvalue weighted by Crippen LogP contribution is 2.38. The van der Waals surface area contributed by atoms with Crippen LogP contribution in [0.2, 0.25) is 5.02 Å². The molecule has 1 aliphatic rings. The topological polar surface area (TPSA) is 43.7 Å². The van der Waals surface area contributed by atoms with Crippen molar-refractivity contribution in [3.63, 3.8) is 0 Å². The second-order valence-electron chi connectivity index (χ2n) is 5.55. The van der Waals surface area contributed by atoms with Crippen LogP contribution in [-0.4, -0.2) is 23.0 Å². The van der Waals surface area contributed by atoms with Crippen molar-refractivity contribution in [3.05, 3.63) is 51.2 Å². The van der Waals surface area contributed by atoms with Crippen LogP contribution in [0.5, 0.6) is 11.5 Å². The van der Waals surface area contributed by atoms with Crippen LogP contribution in [0.4, 0.5) is 0 Å². The summed E-state index contributed by atoms with van der Waals surface area (Å²) in [4.78, 5) is 9.21.